The van der Waals surface area contributed by atoms with Crippen molar-refractivity contribution in [3.8, 4) is 0 Å². The molecule has 0 saturated carbocycles. The first-order valence-electron chi connectivity index (χ1n) is 12.5. The molecule has 0 heterocycles. The fourth-order valence-corrected chi connectivity index (χ4v) is 6.56. The van der Waals surface area contributed by atoms with Crippen LogP contribution in [0.1, 0.15) is 77.4 Å². The van der Waals surface area contributed by atoms with Gasteiger partial charge in [0.1, 0.15) is 18.5 Å². The normalized spacial score (nSPS) is 14.5. The number of rotatable bonds is 12. The molecule has 8 heteroatoms. The summed E-state index contributed by atoms with van der Waals surface area (Å²) in [6.45, 7) is 15.9. The summed E-state index contributed by atoms with van der Waals surface area (Å²) in [5.74, 6) is -1.18. The summed E-state index contributed by atoms with van der Waals surface area (Å²) in [6, 6.07) is 18.4. The van der Waals surface area contributed by atoms with Crippen LogP contribution in [0.2, 0.25) is 0 Å². The summed E-state index contributed by atoms with van der Waals surface area (Å²) in [6.07, 6.45) is -0.653. The van der Waals surface area contributed by atoms with Crippen LogP contribution in [0.25, 0.3) is 0 Å². The van der Waals surface area contributed by atoms with Crippen LogP contribution in [0, 0.1) is 5.41 Å². The van der Waals surface area contributed by atoms with Gasteiger partial charge in [-0.25, -0.2) is 4.79 Å². The Morgan fingerprint density at radius 1 is 0.861 bits per heavy atom. The van der Waals surface area contributed by atoms with Gasteiger partial charge in [0.05, 0.1) is 18.8 Å². The Morgan fingerprint density at radius 2 is 1.36 bits per heavy atom. The molecule has 0 aromatic heterocycles. The summed E-state index contributed by atoms with van der Waals surface area (Å²) >= 11 is 0. The third-order valence-corrected chi connectivity index (χ3v) is 8.18. The van der Waals surface area contributed by atoms with Gasteiger partial charge in [-0.3, -0.25) is 9.40 Å². The van der Waals surface area contributed by atoms with Crippen molar-refractivity contribution >= 4 is 13.6 Å². The Balaban J connectivity index is 2.48. The van der Waals surface area contributed by atoms with Crippen molar-refractivity contribution < 1.29 is 28.0 Å². The van der Waals surface area contributed by atoms with E-state index in [2.05, 4.69) is 0 Å². The fourth-order valence-electron chi connectivity index (χ4n) is 3.88. The second kappa shape index (κ2) is 13.0. The highest BCUT2D eigenvalue weighted by atomic mass is 31.2. The zero-order valence-corrected chi connectivity index (χ0v) is 23.8. The topological polar surface area (TPSA) is 74.3 Å². The number of nitrogens with zero attached hydrogens (tertiary/aromatic N) is 1. The van der Waals surface area contributed by atoms with E-state index in [1.165, 1.54) is 0 Å². The SMILES string of the molecule is CCOP(=O)(OCC)[C@H](N(O[C@@H](COC(=O)c1ccccc1)c1ccccc1)C(C)(C)C)C(C)(C)C. The predicted octanol–water partition coefficient (Wildman–Crippen LogP) is 7.26. The van der Waals surface area contributed by atoms with Crippen molar-refractivity contribution in [2.24, 2.45) is 5.41 Å². The van der Waals surface area contributed by atoms with Crippen LogP contribution in [0.4, 0.5) is 0 Å². The highest BCUT2D eigenvalue weighted by Gasteiger charge is 2.52. The van der Waals surface area contributed by atoms with Gasteiger partial charge >= 0.3 is 13.6 Å². The van der Waals surface area contributed by atoms with Crippen molar-refractivity contribution in [2.75, 3.05) is 19.8 Å². The molecule has 0 bridgehead atoms. The van der Waals surface area contributed by atoms with Crippen molar-refractivity contribution in [2.45, 2.75) is 72.8 Å². The van der Waals surface area contributed by atoms with Gasteiger partial charge in [-0.2, -0.15) is 5.06 Å². The second-order valence-corrected chi connectivity index (χ2v) is 12.7. The summed E-state index contributed by atoms with van der Waals surface area (Å²) in [5.41, 5.74) is 0.137. The Morgan fingerprint density at radius 3 is 1.81 bits per heavy atom. The van der Waals surface area contributed by atoms with Crippen LogP contribution < -0.4 is 0 Å². The van der Waals surface area contributed by atoms with Crippen molar-refractivity contribution in [3.63, 3.8) is 0 Å². The fraction of sp³-hybridized carbons (Fsp3) is 0.536. The minimum Gasteiger partial charge on any atom is -0.459 e. The van der Waals surface area contributed by atoms with Crippen LogP contribution in [-0.2, 0) is 23.2 Å². The van der Waals surface area contributed by atoms with E-state index in [1.807, 2.05) is 77.9 Å². The largest absolute Gasteiger partial charge is 0.459 e. The van der Waals surface area contributed by atoms with Crippen LogP contribution >= 0.6 is 7.60 Å². The first-order valence-corrected chi connectivity index (χ1v) is 14.1. The van der Waals surface area contributed by atoms with E-state index in [0.29, 0.717) is 5.56 Å². The quantitative estimate of drug-likeness (QED) is 0.166. The maximum atomic E-state index is 14.2. The minimum absolute atomic E-state index is 0.0330. The Labute approximate surface area is 216 Å². The van der Waals surface area contributed by atoms with Gasteiger partial charge in [-0.05, 0) is 57.7 Å². The summed E-state index contributed by atoms with van der Waals surface area (Å²) < 4.78 is 31.5. The number of esters is 1. The first-order chi connectivity index (χ1) is 16.8. The third kappa shape index (κ3) is 8.25. The summed E-state index contributed by atoms with van der Waals surface area (Å²) in [4.78, 5) is 19.3. The molecule has 200 valence electrons. The lowest BCUT2D eigenvalue weighted by Crippen LogP contribution is -2.54. The molecule has 0 aliphatic rings. The van der Waals surface area contributed by atoms with Crippen LogP contribution in [-0.4, -0.2) is 42.2 Å². The molecule has 0 N–H and O–H groups in total. The molecule has 7 nitrogen and oxygen atoms in total. The molecular weight excluding hydrogens is 477 g/mol. The molecule has 0 radical (unpaired) electrons. The van der Waals surface area contributed by atoms with Gasteiger partial charge in [0.2, 0.25) is 0 Å². The molecule has 0 aliphatic carbocycles. The van der Waals surface area contributed by atoms with Crippen LogP contribution in [0.5, 0.6) is 0 Å². The number of carbonyl (C=O) groups is 1. The molecule has 0 unspecified atom stereocenters. The van der Waals surface area contributed by atoms with Crippen molar-refractivity contribution in [1.29, 1.82) is 0 Å². The maximum Gasteiger partial charge on any atom is 0.350 e. The van der Waals surface area contributed by atoms with E-state index in [-0.39, 0.29) is 19.8 Å². The average Bonchev–Trinajstić information content (AvgIpc) is 2.80. The van der Waals surface area contributed by atoms with Crippen molar-refractivity contribution in [3.05, 3.63) is 71.8 Å². The maximum absolute atomic E-state index is 14.2. The Bertz CT molecular complexity index is 975. The minimum atomic E-state index is -3.64. The van der Waals surface area contributed by atoms with Crippen LogP contribution in [0.3, 0.4) is 0 Å². The second-order valence-electron chi connectivity index (χ2n) is 10.6. The number of hydrogen-bond donors (Lipinski definition) is 0. The van der Waals surface area contributed by atoms with Gasteiger partial charge in [-0.15, -0.1) is 0 Å². The van der Waals surface area contributed by atoms with E-state index < -0.39 is 36.4 Å². The van der Waals surface area contributed by atoms with Crippen molar-refractivity contribution in [1.82, 2.24) is 5.06 Å². The lowest BCUT2D eigenvalue weighted by atomic mass is 9.94. The number of carbonyl (C=O) groups excluding carboxylic acids is 1. The van der Waals surface area contributed by atoms with Gasteiger partial charge in [-0.1, -0.05) is 69.3 Å². The van der Waals surface area contributed by atoms with Crippen LogP contribution in [0.15, 0.2) is 60.7 Å². The smallest absolute Gasteiger partial charge is 0.350 e. The number of hydroxylamine groups is 2. The van der Waals surface area contributed by atoms with Gasteiger partial charge < -0.3 is 13.8 Å². The molecular formula is C28H42NO6P. The molecule has 36 heavy (non-hydrogen) atoms. The van der Waals surface area contributed by atoms with Gasteiger partial charge in [0, 0.05) is 5.54 Å². The molecule has 0 saturated heterocycles. The molecule has 0 spiro atoms. The molecule has 0 amide bonds. The van der Waals surface area contributed by atoms with E-state index in [9.17, 15) is 9.36 Å². The van der Waals surface area contributed by atoms with Gasteiger partial charge in [0.15, 0.2) is 0 Å². The highest BCUT2D eigenvalue weighted by Crippen LogP contribution is 2.61. The average molecular weight is 520 g/mol. The monoisotopic (exact) mass is 519 g/mol. The van der Waals surface area contributed by atoms with E-state index in [4.69, 9.17) is 18.6 Å². The standard InChI is InChI=1S/C28H42NO6P/c1-9-33-36(31,34-10-2)26(27(3,4)5)29(28(6,7)8)35-24(22-17-13-11-14-18-22)21-32-25(30)23-19-15-12-16-20-23/h11-20,24,26H,9-10,21H2,1-8H3/t24-,26-/m0/s1. The zero-order valence-electron chi connectivity index (χ0n) is 22.9. The lowest BCUT2D eigenvalue weighted by Gasteiger charge is -2.48. The summed E-state index contributed by atoms with van der Waals surface area (Å²) in [5, 5.41) is 1.72. The predicted molar refractivity (Wildman–Crippen MR) is 143 cm³/mol. The van der Waals surface area contributed by atoms with E-state index in [0.717, 1.165) is 5.56 Å². The Kier molecular flexibility index (Phi) is 10.9. The molecule has 2 aromatic carbocycles. The molecule has 0 aliphatic heterocycles. The summed E-state index contributed by atoms with van der Waals surface area (Å²) in [7, 11) is -3.64. The molecule has 0 fully saturated rings. The molecule has 2 rings (SSSR count). The van der Waals surface area contributed by atoms with Gasteiger partial charge in [0.25, 0.3) is 0 Å². The zero-order chi connectivity index (χ0) is 27.0. The highest BCUT2D eigenvalue weighted by molar-refractivity contribution is 7.54. The number of hydrogen-bond acceptors (Lipinski definition) is 7. The number of benzene rings is 2. The lowest BCUT2D eigenvalue weighted by molar-refractivity contribution is -0.273. The Hall–Kier alpha value is -2.02. The third-order valence-electron chi connectivity index (χ3n) is 5.36. The molecule has 2 aromatic rings. The van der Waals surface area contributed by atoms with E-state index in [1.54, 1.807) is 43.2 Å². The first kappa shape index (κ1) is 30.2. The van der Waals surface area contributed by atoms with E-state index >= 15 is 0 Å². The molecule has 2 atom stereocenters. The number of ether oxygens (including phenoxy) is 1.